The molecule has 0 aromatic rings. The van der Waals surface area contributed by atoms with E-state index in [9.17, 15) is 0 Å². The van der Waals surface area contributed by atoms with Crippen LogP contribution in [-0.4, -0.2) is 0 Å². The summed E-state index contributed by atoms with van der Waals surface area (Å²) in [6, 6.07) is 0. The first-order valence-corrected chi connectivity index (χ1v) is 7.47. The first-order chi connectivity index (χ1) is 7.84. The Kier molecular flexibility index (Phi) is 4.86. The van der Waals surface area contributed by atoms with E-state index in [2.05, 4.69) is 54.2 Å². The van der Waals surface area contributed by atoms with Crippen LogP contribution < -0.4 is 0 Å². The van der Waals surface area contributed by atoms with Gasteiger partial charge in [0, 0.05) is 0 Å². The molecule has 0 radical (unpaired) electrons. The summed E-state index contributed by atoms with van der Waals surface area (Å²) in [6.07, 6.45) is 6.30. The molecule has 5 atom stereocenters. The van der Waals surface area contributed by atoms with E-state index >= 15 is 0 Å². The van der Waals surface area contributed by atoms with Crippen LogP contribution in [0.3, 0.4) is 0 Å². The van der Waals surface area contributed by atoms with Gasteiger partial charge in [0.25, 0.3) is 0 Å². The molecule has 1 saturated carbocycles. The van der Waals surface area contributed by atoms with Crippen molar-refractivity contribution in [2.75, 3.05) is 0 Å². The quantitative estimate of drug-likeness (QED) is 0.531. The van der Waals surface area contributed by atoms with Gasteiger partial charge in [0.05, 0.1) is 0 Å². The van der Waals surface area contributed by atoms with Gasteiger partial charge in [-0.2, -0.15) is 0 Å². The van der Waals surface area contributed by atoms with E-state index < -0.39 is 0 Å². The maximum absolute atomic E-state index is 3.96. The van der Waals surface area contributed by atoms with Gasteiger partial charge in [-0.15, -0.1) is 6.58 Å². The van der Waals surface area contributed by atoms with Gasteiger partial charge >= 0.3 is 0 Å². The van der Waals surface area contributed by atoms with E-state index in [4.69, 9.17) is 0 Å². The zero-order chi connectivity index (χ0) is 13.2. The monoisotopic (exact) mass is 236 g/mol. The van der Waals surface area contributed by atoms with E-state index in [1.165, 1.54) is 19.3 Å². The fraction of sp³-hybridized carbons (Fsp3) is 0.882. The normalized spacial score (nSPS) is 32.4. The molecule has 0 aromatic heterocycles. The van der Waals surface area contributed by atoms with Crippen molar-refractivity contribution >= 4 is 0 Å². The van der Waals surface area contributed by atoms with Crippen molar-refractivity contribution < 1.29 is 0 Å². The summed E-state index contributed by atoms with van der Waals surface area (Å²) in [5, 5.41) is 0. The van der Waals surface area contributed by atoms with E-state index in [-0.39, 0.29) is 0 Å². The summed E-state index contributed by atoms with van der Waals surface area (Å²) in [6.45, 7) is 18.4. The third-order valence-corrected chi connectivity index (χ3v) is 5.82. The molecule has 0 heteroatoms. The highest BCUT2D eigenvalue weighted by molar-refractivity contribution is 5.02. The topological polar surface area (TPSA) is 0 Å². The largest absolute Gasteiger partial charge is 0.103 e. The van der Waals surface area contributed by atoms with Gasteiger partial charge in [0.2, 0.25) is 0 Å². The van der Waals surface area contributed by atoms with Crippen LogP contribution in [0.5, 0.6) is 0 Å². The van der Waals surface area contributed by atoms with Crippen molar-refractivity contribution in [3.8, 4) is 0 Å². The van der Waals surface area contributed by atoms with Gasteiger partial charge in [-0.3, -0.25) is 0 Å². The zero-order valence-electron chi connectivity index (χ0n) is 12.8. The van der Waals surface area contributed by atoms with Crippen LogP contribution in [-0.2, 0) is 0 Å². The second-order valence-electron chi connectivity index (χ2n) is 7.05. The standard InChI is InChI=1S/C17H32/c1-8-12(3)14(5)10-15-11-16(13(4)9-2)17(15,6)7/h9,12-16H,2,8,10-11H2,1,3-7H3. The maximum atomic E-state index is 3.96. The predicted octanol–water partition coefficient (Wildman–Crippen LogP) is 5.54. The molecule has 1 aliphatic rings. The van der Waals surface area contributed by atoms with Crippen LogP contribution in [0.15, 0.2) is 12.7 Å². The molecular formula is C17H32. The fourth-order valence-electron chi connectivity index (χ4n) is 3.60. The summed E-state index contributed by atoms with van der Waals surface area (Å²) in [4.78, 5) is 0. The summed E-state index contributed by atoms with van der Waals surface area (Å²) >= 11 is 0. The number of hydrogen-bond acceptors (Lipinski definition) is 0. The smallest absolute Gasteiger partial charge is 0.0231 e. The van der Waals surface area contributed by atoms with Crippen LogP contribution in [0.1, 0.15) is 60.8 Å². The van der Waals surface area contributed by atoms with Gasteiger partial charge < -0.3 is 0 Å². The summed E-state index contributed by atoms with van der Waals surface area (Å²) in [5.41, 5.74) is 0.523. The van der Waals surface area contributed by atoms with Crippen LogP contribution in [0.4, 0.5) is 0 Å². The zero-order valence-corrected chi connectivity index (χ0v) is 12.8. The first-order valence-electron chi connectivity index (χ1n) is 7.47. The highest BCUT2D eigenvalue weighted by Gasteiger charge is 2.49. The molecule has 1 fully saturated rings. The Balaban J connectivity index is 2.52. The van der Waals surface area contributed by atoms with Crippen LogP contribution in [0.2, 0.25) is 0 Å². The third-order valence-electron chi connectivity index (χ3n) is 5.82. The van der Waals surface area contributed by atoms with Gasteiger partial charge in [-0.25, -0.2) is 0 Å². The molecule has 1 rings (SSSR count). The maximum Gasteiger partial charge on any atom is -0.0231 e. The molecule has 0 aromatic carbocycles. The summed E-state index contributed by atoms with van der Waals surface area (Å²) < 4.78 is 0. The van der Waals surface area contributed by atoms with Gasteiger partial charge in [0.1, 0.15) is 0 Å². The molecule has 0 aliphatic heterocycles. The molecule has 17 heavy (non-hydrogen) atoms. The third kappa shape index (κ3) is 2.95. The van der Waals surface area contributed by atoms with E-state index in [1.807, 2.05) is 0 Å². The lowest BCUT2D eigenvalue weighted by atomic mass is 9.49. The minimum Gasteiger partial charge on any atom is -0.103 e. The minimum atomic E-state index is 0.523. The Morgan fingerprint density at radius 2 is 1.82 bits per heavy atom. The molecule has 0 nitrogen and oxygen atoms in total. The highest BCUT2D eigenvalue weighted by Crippen LogP contribution is 2.57. The second kappa shape index (κ2) is 5.59. The number of hydrogen-bond donors (Lipinski definition) is 0. The molecule has 0 N–H and O–H groups in total. The summed E-state index contributed by atoms with van der Waals surface area (Å²) in [5.74, 6) is 4.22. The van der Waals surface area contributed by atoms with Crippen LogP contribution in [0.25, 0.3) is 0 Å². The predicted molar refractivity (Wildman–Crippen MR) is 78.0 cm³/mol. The van der Waals surface area contributed by atoms with E-state index in [0.717, 1.165) is 23.7 Å². The number of allylic oxidation sites excluding steroid dienone is 1. The second-order valence-corrected chi connectivity index (χ2v) is 7.05. The van der Waals surface area contributed by atoms with E-state index in [0.29, 0.717) is 11.3 Å². The van der Waals surface area contributed by atoms with Crippen molar-refractivity contribution in [1.29, 1.82) is 0 Å². The molecule has 0 heterocycles. The lowest BCUT2D eigenvalue weighted by Crippen LogP contribution is -2.48. The molecule has 0 bridgehead atoms. The minimum absolute atomic E-state index is 0.523. The molecule has 0 saturated heterocycles. The highest BCUT2D eigenvalue weighted by atomic mass is 14.5. The molecule has 0 amide bonds. The summed E-state index contributed by atoms with van der Waals surface area (Å²) in [7, 11) is 0. The number of rotatable bonds is 6. The Morgan fingerprint density at radius 1 is 1.24 bits per heavy atom. The molecular weight excluding hydrogens is 204 g/mol. The van der Waals surface area contributed by atoms with Crippen molar-refractivity contribution in [3.63, 3.8) is 0 Å². The molecule has 100 valence electrons. The van der Waals surface area contributed by atoms with Crippen LogP contribution in [0, 0.1) is 35.0 Å². The Bertz CT molecular complexity index is 251. The lowest BCUT2D eigenvalue weighted by molar-refractivity contribution is -0.0566. The van der Waals surface area contributed by atoms with E-state index in [1.54, 1.807) is 0 Å². The average Bonchev–Trinajstić information content (AvgIpc) is 2.31. The van der Waals surface area contributed by atoms with Crippen LogP contribution >= 0.6 is 0 Å². The Labute approximate surface area is 109 Å². The Morgan fingerprint density at radius 3 is 2.24 bits per heavy atom. The van der Waals surface area contributed by atoms with Crippen molar-refractivity contribution in [1.82, 2.24) is 0 Å². The fourth-order valence-corrected chi connectivity index (χ4v) is 3.60. The average molecular weight is 236 g/mol. The first kappa shape index (κ1) is 14.8. The van der Waals surface area contributed by atoms with Crippen molar-refractivity contribution in [2.24, 2.45) is 35.0 Å². The molecule has 0 spiro atoms. The molecule has 5 unspecified atom stereocenters. The van der Waals surface area contributed by atoms with Gasteiger partial charge in [-0.1, -0.05) is 54.0 Å². The SMILES string of the molecule is C=CC(C)C1CC(CC(C)C(C)CC)C1(C)C. The van der Waals surface area contributed by atoms with Crippen molar-refractivity contribution in [3.05, 3.63) is 12.7 Å². The molecule has 1 aliphatic carbocycles. The lowest BCUT2D eigenvalue weighted by Gasteiger charge is -2.55. The van der Waals surface area contributed by atoms with Crippen molar-refractivity contribution in [2.45, 2.75) is 60.8 Å². The Hall–Kier alpha value is -0.260. The van der Waals surface area contributed by atoms with Gasteiger partial charge in [0.15, 0.2) is 0 Å². The van der Waals surface area contributed by atoms with Gasteiger partial charge in [-0.05, 0) is 47.8 Å².